The second-order valence-electron chi connectivity index (χ2n) is 27.3. The number of nitrogens with zero attached hydrogens (tertiary/aromatic N) is 2. The van der Waals surface area contributed by atoms with Gasteiger partial charge in [0.2, 0.25) is 0 Å². The minimum atomic E-state index is -0.541. The Hall–Kier alpha value is -11.4. The van der Waals surface area contributed by atoms with Gasteiger partial charge in [-0.1, -0.05) is 263 Å². The molecule has 0 saturated heterocycles. The summed E-state index contributed by atoms with van der Waals surface area (Å²) in [5.41, 5.74) is 34.3. The van der Waals surface area contributed by atoms with Gasteiger partial charge >= 0.3 is 0 Å². The van der Waals surface area contributed by atoms with Crippen molar-refractivity contribution in [2.45, 2.75) is 30.1 Å². The van der Waals surface area contributed by atoms with Crippen molar-refractivity contribution >= 4 is 77.0 Å². The van der Waals surface area contributed by atoms with Gasteiger partial charge in [0.25, 0.3) is 0 Å². The zero-order valence-corrected chi connectivity index (χ0v) is 55.0. The zero-order valence-electron chi connectivity index (χ0n) is 53.4. The predicted molar refractivity (Wildman–Crippen MR) is 408 cm³/mol. The van der Waals surface area contributed by atoms with Crippen LogP contribution in [0.15, 0.2) is 328 Å². The van der Waals surface area contributed by atoms with Crippen molar-refractivity contribution < 1.29 is 0 Å². The van der Waals surface area contributed by atoms with E-state index in [0.29, 0.717) is 0 Å². The van der Waals surface area contributed by atoms with Crippen LogP contribution in [0.1, 0.15) is 68.1 Å². The minimum Gasteiger partial charge on any atom is -0.310 e. The maximum Gasteiger partial charge on any atom is 0.0820 e. The lowest BCUT2D eigenvalue weighted by Gasteiger charge is -2.32. The maximum atomic E-state index is 2.54. The van der Waals surface area contributed by atoms with Gasteiger partial charge in [0.1, 0.15) is 0 Å². The number of fused-ring (bicyclic) bond motifs is 27. The van der Waals surface area contributed by atoms with Gasteiger partial charge in [-0.15, -0.1) is 22.7 Å². The number of thiophene rings is 2. The van der Waals surface area contributed by atoms with Crippen LogP contribution >= 0.6 is 22.7 Å². The Morgan fingerprint density at radius 3 is 1.34 bits per heavy atom. The normalized spacial score (nSPS) is 16.3. The lowest BCUT2D eigenvalue weighted by Crippen LogP contribution is -2.25. The molecule has 5 aliphatic rings. The lowest BCUT2D eigenvalue weighted by atomic mass is 9.74. The van der Waals surface area contributed by atoms with Crippen LogP contribution in [0.25, 0.3) is 98.1 Å². The molecule has 21 rings (SSSR count). The molecule has 14 aromatic carbocycles. The van der Waals surface area contributed by atoms with Gasteiger partial charge in [-0.2, -0.15) is 0 Å². The molecule has 0 aliphatic heterocycles. The van der Waals surface area contributed by atoms with Crippen molar-refractivity contribution in [2.24, 2.45) is 0 Å². The van der Waals surface area contributed by atoms with E-state index in [4.69, 9.17) is 0 Å². The number of hydrogen-bond donors (Lipinski definition) is 0. The molecule has 0 saturated carbocycles. The van der Waals surface area contributed by atoms with Crippen LogP contribution in [-0.4, -0.2) is 0 Å². The Balaban J connectivity index is 0.701. The summed E-state index contributed by atoms with van der Waals surface area (Å²) >= 11 is 3.94. The third-order valence-corrected chi connectivity index (χ3v) is 24.8. The first-order valence-corrected chi connectivity index (χ1v) is 35.4. The highest BCUT2D eigenvalue weighted by atomic mass is 32.1. The first kappa shape index (κ1) is 54.9. The molecule has 4 heteroatoms. The molecular weight excluding hydrogens is 1210 g/mol. The molecule has 2 nitrogen and oxygen atoms in total. The van der Waals surface area contributed by atoms with E-state index in [1.807, 2.05) is 22.7 Å². The largest absolute Gasteiger partial charge is 0.310 e. The van der Waals surface area contributed by atoms with Crippen molar-refractivity contribution in [2.75, 3.05) is 9.80 Å². The second kappa shape index (κ2) is 20.3. The summed E-state index contributed by atoms with van der Waals surface area (Å²) in [4.78, 5) is 7.82. The summed E-state index contributed by atoms with van der Waals surface area (Å²) in [5, 5.41) is 2.63. The van der Waals surface area contributed by atoms with E-state index in [9.17, 15) is 0 Å². The number of anilines is 6. The fraction of sp³-hybridized carbons (Fsp3) is 0.0538. The molecule has 97 heavy (non-hydrogen) atoms. The van der Waals surface area contributed by atoms with Crippen molar-refractivity contribution in [3.05, 3.63) is 382 Å². The Bertz CT molecular complexity index is 6030. The summed E-state index contributed by atoms with van der Waals surface area (Å²) in [5.74, 6) is 0. The van der Waals surface area contributed by atoms with Crippen molar-refractivity contribution in [3.63, 3.8) is 0 Å². The topological polar surface area (TPSA) is 6.48 Å². The average molecular weight is 1270 g/mol. The van der Waals surface area contributed by atoms with Gasteiger partial charge < -0.3 is 9.80 Å². The highest BCUT2D eigenvalue weighted by molar-refractivity contribution is 7.20. The summed E-state index contributed by atoms with van der Waals surface area (Å²) < 4.78 is 2.62. The SMILES string of the molecule is CC1(C)c2ccccc2-c2ccc(N(c3ccccc3)c3ccc4c(c3)C3(c5ccccc5-4)c4ccccc4-c4c3sc3cc(-c5cccc(-c6ccccc6N(c6ccccc6)c6cccc7c6-c6ccccc6C76c7ccccc7-c7c6sc6ccccc76)c5)ccc43)cc21. The van der Waals surface area contributed by atoms with Gasteiger partial charge in [0.05, 0.1) is 22.2 Å². The van der Waals surface area contributed by atoms with E-state index in [0.717, 1.165) is 45.3 Å². The Kier molecular flexibility index (Phi) is 11.5. The van der Waals surface area contributed by atoms with E-state index in [2.05, 4.69) is 351 Å². The Labute approximate surface area is 572 Å². The molecule has 2 heterocycles. The number of hydrogen-bond acceptors (Lipinski definition) is 4. The summed E-state index contributed by atoms with van der Waals surface area (Å²) in [6, 6.07) is 124. The fourth-order valence-electron chi connectivity index (χ4n) is 18.3. The molecule has 454 valence electrons. The molecule has 0 N–H and O–H groups in total. The van der Waals surface area contributed by atoms with Crippen LogP contribution in [0.2, 0.25) is 0 Å². The molecule has 2 unspecified atom stereocenters. The number of benzene rings is 14. The first-order valence-electron chi connectivity index (χ1n) is 33.8. The quantitative estimate of drug-likeness (QED) is 0.150. The summed E-state index contributed by atoms with van der Waals surface area (Å²) in [6.07, 6.45) is 0. The van der Waals surface area contributed by atoms with Gasteiger partial charge in [-0.05, 0) is 179 Å². The van der Waals surface area contributed by atoms with Crippen LogP contribution in [0, 0.1) is 0 Å². The Morgan fingerprint density at radius 1 is 0.237 bits per heavy atom. The summed E-state index contributed by atoms with van der Waals surface area (Å²) in [6.45, 7) is 4.76. The van der Waals surface area contributed by atoms with E-state index in [1.54, 1.807) is 0 Å². The third-order valence-electron chi connectivity index (χ3n) is 22.2. The second-order valence-corrected chi connectivity index (χ2v) is 29.4. The molecule has 5 aliphatic carbocycles. The number of para-hydroxylation sites is 3. The van der Waals surface area contributed by atoms with Crippen LogP contribution in [0.3, 0.4) is 0 Å². The van der Waals surface area contributed by atoms with E-state index in [-0.39, 0.29) is 5.41 Å². The van der Waals surface area contributed by atoms with E-state index < -0.39 is 10.8 Å². The van der Waals surface area contributed by atoms with Gasteiger partial charge in [-0.25, -0.2) is 0 Å². The van der Waals surface area contributed by atoms with Crippen LogP contribution < -0.4 is 9.80 Å². The van der Waals surface area contributed by atoms with E-state index >= 15 is 0 Å². The monoisotopic (exact) mass is 1270 g/mol. The average Bonchev–Trinajstić information content (AvgIpc) is 1.51. The maximum absolute atomic E-state index is 2.54. The molecule has 16 aromatic rings. The standard InChI is InChI=1S/C93H60N2S2/c1-91(2)74-38-16-9-32-65(74)67-51-48-62(55-80(67)91)94(60-27-5-3-6-28-60)63-49-52-68-66-33-10-17-39-75(66)93(81(68)56-63)77-41-19-12-35-70(77)87-73-50-47-58(54-85(73)97-90(87)93)57-25-23-26-59(53-57)64-31-14-21-44-82(64)95(61-29-7-4-8-30-61)83-45-24-43-79-88(83)71-36-13-20-42-78(71)92(79)76-40-18-11-34-69(76)86-72-37-15-22-46-84(72)96-89(86)92/h3-56H,1-2H3. The first-order chi connectivity index (χ1) is 47.9. The minimum absolute atomic E-state index is 0.142. The molecule has 0 fully saturated rings. The predicted octanol–water partition coefficient (Wildman–Crippen LogP) is 25.4. The molecule has 2 aromatic heterocycles. The van der Waals surface area contributed by atoms with Crippen molar-refractivity contribution in [1.82, 2.24) is 0 Å². The Morgan fingerprint density at radius 2 is 0.670 bits per heavy atom. The fourth-order valence-corrected chi connectivity index (χ4v) is 21.2. The molecular formula is C93H60N2S2. The smallest absolute Gasteiger partial charge is 0.0820 e. The molecule has 0 radical (unpaired) electrons. The zero-order chi connectivity index (χ0) is 63.9. The molecule has 2 spiro atoms. The van der Waals surface area contributed by atoms with Crippen molar-refractivity contribution in [1.29, 1.82) is 0 Å². The number of rotatable bonds is 8. The van der Waals surface area contributed by atoms with Gasteiger partial charge in [0, 0.05) is 80.3 Å². The highest BCUT2D eigenvalue weighted by Crippen LogP contribution is 2.69. The lowest BCUT2D eigenvalue weighted by molar-refractivity contribution is 0.660. The third kappa shape index (κ3) is 7.33. The highest BCUT2D eigenvalue weighted by Gasteiger charge is 2.56. The van der Waals surface area contributed by atoms with Gasteiger partial charge in [0.15, 0.2) is 0 Å². The molecule has 2 atom stereocenters. The van der Waals surface area contributed by atoms with Gasteiger partial charge in [-0.3, -0.25) is 0 Å². The van der Waals surface area contributed by atoms with Crippen LogP contribution in [-0.2, 0) is 16.2 Å². The van der Waals surface area contributed by atoms with Crippen molar-refractivity contribution in [3.8, 4) is 77.9 Å². The molecule has 0 amide bonds. The van der Waals surface area contributed by atoms with Crippen LogP contribution in [0.4, 0.5) is 34.1 Å². The van der Waals surface area contributed by atoms with E-state index in [1.165, 1.54) is 141 Å². The summed E-state index contributed by atoms with van der Waals surface area (Å²) in [7, 11) is 0. The van der Waals surface area contributed by atoms with Crippen LogP contribution in [0.5, 0.6) is 0 Å². The molecule has 0 bridgehead atoms.